The molecule has 1 amide bonds. The molecule has 102 valence electrons. The zero-order chi connectivity index (χ0) is 14.3. The maximum atomic E-state index is 11.3. The lowest BCUT2D eigenvalue weighted by atomic mass is 10.1. The summed E-state index contributed by atoms with van der Waals surface area (Å²) in [5.74, 6) is 0.452. The standard InChI is InChI=1S/C13H16N2O4/c1-9(16)10-3-4-11(12(7-10)18-2)19-8-13(17)15-6-5-14/h3-4,7,9,16H,6,8H2,1-2H3,(H,15,17). The van der Waals surface area contributed by atoms with Gasteiger partial charge >= 0.3 is 0 Å². The molecule has 1 aromatic carbocycles. The molecule has 0 aliphatic rings. The molecule has 1 unspecified atom stereocenters. The van der Waals surface area contributed by atoms with Gasteiger partial charge in [0.1, 0.15) is 6.54 Å². The third kappa shape index (κ3) is 4.48. The van der Waals surface area contributed by atoms with Crippen LogP contribution in [0.5, 0.6) is 11.5 Å². The lowest BCUT2D eigenvalue weighted by Gasteiger charge is -2.12. The van der Waals surface area contributed by atoms with Crippen molar-refractivity contribution in [3.05, 3.63) is 23.8 Å². The van der Waals surface area contributed by atoms with Gasteiger partial charge in [0.05, 0.1) is 19.3 Å². The maximum absolute atomic E-state index is 11.3. The molecular weight excluding hydrogens is 248 g/mol. The summed E-state index contributed by atoms with van der Waals surface area (Å²) in [6, 6.07) is 6.76. The summed E-state index contributed by atoms with van der Waals surface area (Å²) in [5.41, 5.74) is 0.693. The lowest BCUT2D eigenvalue weighted by Crippen LogP contribution is -2.29. The van der Waals surface area contributed by atoms with Gasteiger partial charge in [-0.05, 0) is 24.6 Å². The van der Waals surface area contributed by atoms with E-state index in [-0.39, 0.29) is 19.1 Å². The van der Waals surface area contributed by atoms with Crippen molar-refractivity contribution in [2.45, 2.75) is 13.0 Å². The van der Waals surface area contributed by atoms with Gasteiger partial charge < -0.3 is 19.9 Å². The minimum absolute atomic E-state index is 0.0553. The van der Waals surface area contributed by atoms with Crippen LogP contribution in [-0.4, -0.2) is 31.3 Å². The fourth-order valence-electron chi connectivity index (χ4n) is 1.40. The lowest BCUT2D eigenvalue weighted by molar-refractivity contribution is -0.122. The van der Waals surface area contributed by atoms with Gasteiger partial charge in [-0.3, -0.25) is 4.79 Å². The molecule has 0 aliphatic carbocycles. The highest BCUT2D eigenvalue weighted by Crippen LogP contribution is 2.30. The molecule has 2 N–H and O–H groups in total. The minimum atomic E-state index is -0.609. The Kier molecular flexibility index (Phi) is 5.64. The van der Waals surface area contributed by atoms with Crippen molar-refractivity contribution < 1.29 is 19.4 Å². The molecule has 1 atom stereocenters. The zero-order valence-electron chi connectivity index (χ0n) is 10.8. The Morgan fingerprint density at radius 2 is 2.26 bits per heavy atom. The first-order valence-corrected chi connectivity index (χ1v) is 5.71. The normalized spacial score (nSPS) is 11.3. The van der Waals surface area contributed by atoms with E-state index in [0.29, 0.717) is 17.1 Å². The highest BCUT2D eigenvalue weighted by molar-refractivity contribution is 5.77. The number of methoxy groups -OCH3 is 1. The number of rotatable bonds is 6. The molecule has 19 heavy (non-hydrogen) atoms. The second-order valence-electron chi connectivity index (χ2n) is 3.81. The molecule has 6 heteroatoms. The van der Waals surface area contributed by atoms with Gasteiger partial charge in [-0.2, -0.15) is 5.26 Å². The van der Waals surface area contributed by atoms with E-state index < -0.39 is 6.10 Å². The van der Waals surface area contributed by atoms with Gasteiger partial charge in [-0.25, -0.2) is 0 Å². The van der Waals surface area contributed by atoms with E-state index in [4.69, 9.17) is 14.7 Å². The second-order valence-corrected chi connectivity index (χ2v) is 3.81. The smallest absolute Gasteiger partial charge is 0.258 e. The quantitative estimate of drug-likeness (QED) is 0.740. The first-order chi connectivity index (χ1) is 9.08. The summed E-state index contributed by atoms with van der Waals surface area (Å²) in [6.45, 7) is 1.39. The molecule has 0 fully saturated rings. The first-order valence-electron chi connectivity index (χ1n) is 5.71. The third-order valence-corrected chi connectivity index (χ3v) is 2.39. The number of amides is 1. The van der Waals surface area contributed by atoms with E-state index in [2.05, 4.69) is 5.32 Å². The van der Waals surface area contributed by atoms with E-state index in [1.54, 1.807) is 31.2 Å². The van der Waals surface area contributed by atoms with E-state index in [1.807, 2.05) is 0 Å². The number of carbonyl (C=O) groups excluding carboxylic acids is 1. The molecule has 0 spiro atoms. The molecule has 1 aromatic rings. The van der Waals surface area contributed by atoms with Crippen molar-refractivity contribution in [2.75, 3.05) is 20.3 Å². The topological polar surface area (TPSA) is 91.6 Å². The Morgan fingerprint density at radius 3 is 2.84 bits per heavy atom. The Hall–Kier alpha value is -2.26. The molecule has 0 heterocycles. The van der Waals surface area contributed by atoms with E-state index in [1.165, 1.54) is 7.11 Å². The van der Waals surface area contributed by atoms with Crippen LogP contribution in [0.2, 0.25) is 0 Å². The van der Waals surface area contributed by atoms with Crippen LogP contribution in [0.25, 0.3) is 0 Å². The molecule has 1 rings (SSSR count). The number of nitrogens with zero attached hydrogens (tertiary/aromatic N) is 1. The average Bonchev–Trinajstić information content (AvgIpc) is 2.42. The second kappa shape index (κ2) is 7.24. The predicted molar refractivity (Wildman–Crippen MR) is 67.7 cm³/mol. The van der Waals surface area contributed by atoms with E-state index in [0.717, 1.165) is 0 Å². The van der Waals surface area contributed by atoms with Gasteiger partial charge in [0, 0.05) is 0 Å². The van der Waals surface area contributed by atoms with Gasteiger partial charge in [-0.1, -0.05) is 6.07 Å². The molecule has 0 bridgehead atoms. The summed E-state index contributed by atoms with van der Waals surface area (Å²) in [6.07, 6.45) is -0.609. The zero-order valence-corrected chi connectivity index (χ0v) is 10.8. The van der Waals surface area contributed by atoms with E-state index in [9.17, 15) is 9.90 Å². The molecule has 0 saturated carbocycles. The van der Waals surface area contributed by atoms with Crippen molar-refractivity contribution in [2.24, 2.45) is 0 Å². The summed E-state index contributed by atoms with van der Waals surface area (Å²) in [7, 11) is 1.48. The number of carbonyl (C=O) groups is 1. The number of ether oxygens (including phenoxy) is 2. The molecular formula is C13H16N2O4. The molecule has 0 aromatic heterocycles. The highest BCUT2D eigenvalue weighted by atomic mass is 16.5. The first kappa shape index (κ1) is 14.8. The van der Waals surface area contributed by atoms with Crippen LogP contribution in [0.3, 0.4) is 0 Å². The number of hydrogen-bond acceptors (Lipinski definition) is 5. The largest absolute Gasteiger partial charge is 0.493 e. The Morgan fingerprint density at radius 1 is 1.53 bits per heavy atom. The van der Waals surface area contributed by atoms with Gasteiger partial charge in [0.25, 0.3) is 5.91 Å². The summed E-state index contributed by atoms with van der Waals surface area (Å²) in [5, 5.41) is 20.1. The van der Waals surface area contributed by atoms with Crippen LogP contribution in [0.4, 0.5) is 0 Å². The fourth-order valence-corrected chi connectivity index (χ4v) is 1.40. The number of aliphatic hydroxyl groups is 1. The van der Waals surface area contributed by atoms with Gasteiger partial charge in [0.15, 0.2) is 18.1 Å². The Bertz CT molecular complexity index is 480. The van der Waals surface area contributed by atoms with Gasteiger partial charge in [-0.15, -0.1) is 0 Å². The van der Waals surface area contributed by atoms with Crippen LogP contribution in [-0.2, 0) is 4.79 Å². The fraction of sp³-hybridized carbons (Fsp3) is 0.385. The molecule has 0 saturated heterocycles. The predicted octanol–water partition coefficient (Wildman–Crippen LogP) is 0.767. The number of nitrogens with one attached hydrogen (secondary N) is 1. The molecule has 6 nitrogen and oxygen atoms in total. The van der Waals surface area contributed by atoms with Crippen molar-refractivity contribution in [3.8, 4) is 17.6 Å². The third-order valence-electron chi connectivity index (χ3n) is 2.39. The van der Waals surface area contributed by atoms with Crippen LogP contribution < -0.4 is 14.8 Å². The van der Waals surface area contributed by atoms with Crippen molar-refractivity contribution >= 4 is 5.91 Å². The number of hydrogen-bond donors (Lipinski definition) is 2. The Balaban J connectivity index is 2.68. The van der Waals surface area contributed by atoms with Crippen molar-refractivity contribution in [1.82, 2.24) is 5.32 Å². The van der Waals surface area contributed by atoms with Crippen LogP contribution >= 0.6 is 0 Å². The summed E-state index contributed by atoms with van der Waals surface area (Å²) >= 11 is 0. The monoisotopic (exact) mass is 264 g/mol. The van der Waals surface area contributed by atoms with Crippen molar-refractivity contribution in [1.29, 1.82) is 5.26 Å². The molecule has 0 aliphatic heterocycles. The average molecular weight is 264 g/mol. The van der Waals surface area contributed by atoms with Crippen LogP contribution in [0, 0.1) is 11.3 Å². The van der Waals surface area contributed by atoms with Crippen LogP contribution in [0.15, 0.2) is 18.2 Å². The minimum Gasteiger partial charge on any atom is -0.493 e. The van der Waals surface area contributed by atoms with E-state index >= 15 is 0 Å². The maximum Gasteiger partial charge on any atom is 0.258 e. The summed E-state index contributed by atoms with van der Waals surface area (Å²) in [4.78, 5) is 11.3. The van der Waals surface area contributed by atoms with Gasteiger partial charge in [0.2, 0.25) is 0 Å². The van der Waals surface area contributed by atoms with Crippen LogP contribution in [0.1, 0.15) is 18.6 Å². The molecule has 0 radical (unpaired) electrons. The van der Waals surface area contributed by atoms with Crippen molar-refractivity contribution in [3.63, 3.8) is 0 Å². The Labute approximate surface area is 111 Å². The highest BCUT2D eigenvalue weighted by Gasteiger charge is 2.10. The summed E-state index contributed by atoms with van der Waals surface area (Å²) < 4.78 is 10.4. The number of benzene rings is 1. The number of aliphatic hydroxyl groups excluding tert-OH is 1. The number of nitriles is 1. The SMILES string of the molecule is COc1cc(C(C)O)ccc1OCC(=O)NCC#N.